The maximum Gasteiger partial charge on any atom is 0.264 e. The van der Waals surface area contributed by atoms with E-state index >= 15 is 0 Å². The van der Waals surface area contributed by atoms with E-state index in [4.69, 9.17) is 10.00 Å². The van der Waals surface area contributed by atoms with E-state index in [-0.39, 0.29) is 5.91 Å². The first kappa shape index (κ1) is 15.6. The molecule has 0 atom stereocenters. The van der Waals surface area contributed by atoms with E-state index in [0.717, 1.165) is 8.26 Å². The fourth-order valence-electron chi connectivity index (χ4n) is 1.31. The van der Waals surface area contributed by atoms with E-state index in [0.29, 0.717) is 31.0 Å². The van der Waals surface area contributed by atoms with Crippen molar-refractivity contribution in [2.75, 3.05) is 26.8 Å². The first-order chi connectivity index (χ1) is 8.60. The van der Waals surface area contributed by atoms with E-state index in [1.807, 2.05) is 6.07 Å². The number of amides is 1. The van der Waals surface area contributed by atoms with Crippen molar-refractivity contribution < 1.29 is 9.53 Å². The fourth-order valence-corrected chi connectivity index (χ4v) is 3.31. The highest BCUT2D eigenvalue weighted by Crippen LogP contribution is 2.32. The van der Waals surface area contributed by atoms with Gasteiger partial charge >= 0.3 is 0 Å². The molecule has 0 radical (unpaired) electrons. The smallest absolute Gasteiger partial charge is 0.264 e. The lowest BCUT2D eigenvalue weighted by atomic mass is 10.3. The molecule has 1 rings (SSSR count). The summed E-state index contributed by atoms with van der Waals surface area (Å²) in [6.07, 6.45) is 0.323. The van der Waals surface area contributed by atoms with Crippen molar-refractivity contribution in [3.63, 3.8) is 0 Å². The number of ether oxygens (including phenoxy) is 1. The standard InChI is InChI=1S/C11H12Br2N2O2S/c1-17-6-5-15(4-2-3-14)11(16)9-7-8(12)10(13)18-9/h7H,2,4-6H2,1H3. The molecule has 98 valence electrons. The summed E-state index contributed by atoms with van der Waals surface area (Å²) >= 11 is 8.09. The maximum absolute atomic E-state index is 12.3. The second-order valence-corrected chi connectivity index (χ2v) is 6.65. The van der Waals surface area contributed by atoms with Crippen molar-refractivity contribution in [1.82, 2.24) is 4.90 Å². The molecule has 0 saturated carbocycles. The van der Waals surface area contributed by atoms with Gasteiger partial charge in [0.25, 0.3) is 5.91 Å². The monoisotopic (exact) mass is 394 g/mol. The number of hydrogen-bond acceptors (Lipinski definition) is 4. The Morgan fingerprint density at radius 3 is 2.78 bits per heavy atom. The predicted octanol–water partition coefficient (Wildman–Crippen LogP) is 3.28. The van der Waals surface area contributed by atoms with Crippen molar-refractivity contribution in [2.45, 2.75) is 6.42 Å². The average Bonchev–Trinajstić information content (AvgIpc) is 2.69. The summed E-state index contributed by atoms with van der Waals surface area (Å²) in [4.78, 5) is 14.5. The summed E-state index contributed by atoms with van der Waals surface area (Å²) in [5.41, 5.74) is 0. The third-order valence-corrected chi connectivity index (χ3v) is 5.45. The van der Waals surface area contributed by atoms with Crippen LogP contribution in [-0.4, -0.2) is 37.6 Å². The topological polar surface area (TPSA) is 53.3 Å². The number of methoxy groups -OCH3 is 1. The van der Waals surface area contributed by atoms with Gasteiger partial charge < -0.3 is 9.64 Å². The summed E-state index contributed by atoms with van der Waals surface area (Å²) in [6.45, 7) is 1.38. The van der Waals surface area contributed by atoms with Crippen LogP contribution in [0.5, 0.6) is 0 Å². The largest absolute Gasteiger partial charge is 0.383 e. The molecule has 1 amide bonds. The molecule has 1 aromatic heterocycles. The summed E-state index contributed by atoms with van der Waals surface area (Å²) in [7, 11) is 1.59. The van der Waals surface area contributed by atoms with Crippen LogP contribution < -0.4 is 0 Å². The first-order valence-corrected chi connectivity index (χ1v) is 7.60. The van der Waals surface area contributed by atoms with Gasteiger partial charge in [-0.15, -0.1) is 11.3 Å². The number of carbonyl (C=O) groups excluding carboxylic acids is 1. The van der Waals surface area contributed by atoms with Crippen LogP contribution in [-0.2, 0) is 4.74 Å². The van der Waals surface area contributed by atoms with Gasteiger partial charge in [0.15, 0.2) is 0 Å². The molecule has 0 saturated heterocycles. The van der Waals surface area contributed by atoms with Gasteiger partial charge in [0.05, 0.1) is 27.8 Å². The third-order valence-electron chi connectivity index (χ3n) is 2.20. The Morgan fingerprint density at radius 2 is 2.28 bits per heavy atom. The molecule has 1 heterocycles. The normalized spacial score (nSPS) is 10.1. The van der Waals surface area contributed by atoms with E-state index in [9.17, 15) is 4.79 Å². The molecular formula is C11H12Br2N2O2S. The van der Waals surface area contributed by atoms with Crippen LogP contribution in [0.1, 0.15) is 16.1 Å². The van der Waals surface area contributed by atoms with Crippen LogP contribution >= 0.6 is 43.2 Å². The van der Waals surface area contributed by atoms with Crippen molar-refractivity contribution in [1.29, 1.82) is 5.26 Å². The maximum atomic E-state index is 12.3. The average molecular weight is 396 g/mol. The van der Waals surface area contributed by atoms with Gasteiger partial charge in [0, 0.05) is 24.7 Å². The fraction of sp³-hybridized carbons (Fsp3) is 0.455. The first-order valence-electron chi connectivity index (χ1n) is 5.20. The molecule has 0 N–H and O–H groups in total. The van der Waals surface area contributed by atoms with E-state index < -0.39 is 0 Å². The SMILES string of the molecule is COCCN(CCC#N)C(=O)c1cc(Br)c(Br)s1. The lowest BCUT2D eigenvalue weighted by molar-refractivity contribution is 0.0704. The van der Waals surface area contributed by atoms with Crippen LogP contribution in [0.15, 0.2) is 14.3 Å². The highest BCUT2D eigenvalue weighted by molar-refractivity contribution is 9.13. The van der Waals surface area contributed by atoms with Gasteiger partial charge in [0.1, 0.15) is 0 Å². The molecule has 0 aliphatic rings. The third kappa shape index (κ3) is 4.35. The Kier molecular flexibility index (Phi) is 6.86. The molecule has 0 bridgehead atoms. The summed E-state index contributed by atoms with van der Waals surface area (Å²) in [6, 6.07) is 3.83. The number of carbonyl (C=O) groups is 1. The van der Waals surface area contributed by atoms with Crippen LogP contribution in [0, 0.1) is 11.3 Å². The number of hydrogen-bond donors (Lipinski definition) is 0. The zero-order valence-electron chi connectivity index (χ0n) is 9.78. The second-order valence-electron chi connectivity index (χ2n) is 3.43. The lowest BCUT2D eigenvalue weighted by Gasteiger charge is -2.20. The quantitative estimate of drug-likeness (QED) is 0.742. The predicted molar refractivity (Wildman–Crippen MR) is 77.7 cm³/mol. The molecular weight excluding hydrogens is 384 g/mol. The molecule has 4 nitrogen and oxygen atoms in total. The molecule has 0 aliphatic carbocycles. The Hall–Kier alpha value is -0.420. The molecule has 0 spiro atoms. The van der Waals surface area contributed by atoms with Crippen LogP contribution in [0.2, 0.25) is 0 Å². The Labute approximate surface area is 127 Å². The van der Waals surface area contributed by atoms with Gasteiger partial charge in [0.2, 0.25) is 0 Å². The minimum atomic E-state index is -0.0706. The molecule has 0 aliphatic heterocycles. The lowest BCUT2D eigenvalue weighted by Crippen LogP contribution is -2.34. The molecule has 18 heavy (non-hydrogen) atoms. The van der Waals surface area contributed by atoms with Gasteiger partial charge in [-0.25, -0.2) is 0 Å². The molecule has 0 unspecified atom stereocenters. The van der Waals surface area contributed by atoms with Gasteiger partial charge in [-0.3, -0.25) is 4.79 Å². The summed E-state index contributed by atoms with van der Waals surface area (Å²) < 4.78 is 6.73. The number of nitriles is 1. The van der Waals surface area contributed by atoms with E-state index in [1.165, 1.54) is 11.3 Å². The van der Waals surface area contributed by atoms with Crippen LogP contribution in [0.4, 0.5) is 0 Å². The van der Waals surface area contributed by atoms with Crippen molar-refractivity contribution >= 4 is 49.1 Å². The van der Waals surface area contributed by atoms with Gasteiger partial charge in [-0.1, -0.05) is 0 Å². The van der Waals surface area contributed by atoms with Crippen LogP contribution in [0.25, 0.3) is 0 Å². The Balaban J connectivity index is 2.77. The van der Waals surface area contributed by atoms with Gasteiger partial charge in [-0.05, 0) is 37.9 Å². The molecule has 1 aromatic rings. The summed E-state index contributed by atoms with van der Waals surface area (Å²) in [5, 5.41) is 8.61. The molecule has 0 fully saturated rings. The van der Waals surface area contributed by atoms with E-state index in [2.05, 4.69) is 31.9 Å². The number of halogens is 2. The van der Waals surface area contributed by atoms with Crippen molar-refractivity contribution in [2.24, 2.45) is 0 Å². The van der Waals surface area contributed by atoms with Crippen molar-refractivity contribution in [3.05, 3.63) is 19.2 Å². The Morgan fingerprint density at radius 1 is 1.56 bits per heavy atom. The van der Waals surface area contributed by atoms with Crippen LogP contribution in [0.3, 0.4) is 0 Å². The minimum Gasteiger partial charge on any atom is -0.383 e. The second kappa shape index (κ2) is 7.89. The molecule has 0 aromatic carbocycles. The highest BCUT2D eigenvalue weighted by atomic mass is 79.9. The zero-order valence-corrected chi connectivity index (χ0v) is 13.8. The molecule has 7 heteroatoms. The minimum absolute atomic E-state index is 0.0706. The number of nitrogens with zero attached hydrogens (tertiary/aromatic N) is 2. The highest BCUT2D eigenvalue weighted by Gasteiger charge is 2.18. The number of rotatable bonds is 6. The zero-order chi connectivity index (χ0) is 13.5. The Bertz CT molecular complexity index is 437. The number of thiophene rings is 1. The van der Waals surface area contributed by atoms with E-state index in [1.54, 1.807) is 18.1 Å². The van der Waals surface area contributed by atoms with Gasteiger partial charge in [-0.2, -0.15) is 5.26 Å². The summed E-state index contributed by atoms with van der Waals surface area (Å²) in [5.74, 6) is -0.0706. The van der Waals surface area contributed by atoms with Crippen molar-refractivity contribution in [3.8, 4) is 6.07 Å².